The fourth-order valence-electron chi connectivity index (χ4n) is 4.83. The lowest BCUT2D eigenvalue weighted by molar-refractivity contribution is -0.211. The number of carbonyl (C=O) groups excluding carboxylic acids is 3. The average molecular weight is 597 g/mol. The zero-order chi connectivity index (χ0) is 31.8. The van der Waals surface area contributed by atoms with E-state index in [0.29, 0.717) is 22.4 Å². The highest BCUT2D eigenvalue weighted by atomic mass is 16.7. The standard InChI is InChI=1S/C39H32O6/c1-4-24-43-39(45-37-14-6-5-7-15-37,35-20-16-29(17-21-35)33-12-8-10-31(25-33)27(2)40)38(42)44-36-22-18-30(19-23-36)34-13-9-11-32(26-34)28(3)41/h4-23,25-26H,1,24H2,2-3H3. The Morgan fingerprint density at radius 3 is 1.67 bits per heavy atom. The summed E-state index contributed by atoms with van der Waals surface area (Å²) in [5.41, 5.74) is 5.05. The van der Waals surface area contributed by atoms with Crippen LogP contribution in [-0.2, 0) is 15.3 Å². The molecule has 1 unspecified atom stereocenters. The van der Waals surface area contributed by atoms with E-state index < -0.39 is 11.8 Å². The van der Waals surface area contributed by atoms with Gasteiger partial charge in [-0.1, -0.05) is 97.1 Å². The number of ketones is 2. The molecule has 6 heteroatoms. The summed E-state index contributed by atoms with van der Waals surface area (Å²) in [6.07, 6.45) is 1.53. The van der Waals surface area contributed by atoms with Crippen LogP contribution in [0.15, 0.2) is 140 Å². The van der Waals surface area contributed by atoms with Crippen LogP contribution in [0.3, 0.4) is 0 Å². The first-order valence-corrected chi connectivity index (χ1v) is 14.4. The summed E-state index contributed by atoms with van der Waals surface area (Å²) in [5.74, 6) is -2.13. The van der Waals surface area contributed by atoms with Gasteiger partial charge in [-0.2, -0.15) is 0 Å². The molecule has 0 heterocycles. The van der Waals surface area contributed by atoms with Gasteiger partial charge >= 0.3 is 11.8 Å². The molecule has 0 radical (unpaired) electrons. The Morgan fingerprint density at radius 1 is 0.622 bits per heavy atom. The molecule has 224 valence electrons. The Kier molecular flexibility index (Phi) is 9.46. The second-order valence-corrected chi connectivity index (χ2v) is 10.4. The number of esters is 1. The average Bonchev–Trinajstić information content (AvgIpc) is 3.07. The number of hydrogen-bond acceptors (Lipinski definition) is 6. The minimum atomic E-state index is -1.98. The molecule has 45 heavy (non-hydrogen) atoms. The molecule has 5 aromatic carbocycles. The van der Waals surface area contributed by atoms with Gasteiger partial charge in [0, 0.05) is 16.7 Å². The van der Waals surface area contributed by atoms with Gasteiger partial charge < -0.3 is 14.2 Å². The monoisotopic (exact) mass is 596 g/mol. The number of carbonyl (C=O) groups is 3. The summed E-state index contributed by atoms with van der Waals surface area (Å²) in [4.78, 5) is 37.9. The highest BCUT2D eigenvalue weighted by Crippen LogP contribution is 2.34. The zero-order valence-electron chi connectivity index (χ0n) is 25.1. The van der Waals surface area contributed by atoms with Crippen molar-refractivity contribution in [2.24, 2.45) is 0 Å². The smallest absolute Gasteiger partial charge is 0.390 e. The predicted molar refractivity (Wildman–Crippen MR) is 174 cm³/mol. The van der Waals surface area contributed by atoms with Gasteiger partial charge in [0.2, 0.25) is 0 Å². The van der Waals surface area contributed by atoms with Crippen LogP contribution in [0.4, 0.5) is 0 Å². The van der Waals surface area contributed by atoms with Crippen LogP contribution in [-0.4, -0.2) is 24.1 Å². The van der Waals surface area contributed by atoms with Gasteiger partial charge in [0.1, 0.15) is 11.5 Å². The summed E-state index contributed by atoms with van der Waals surface area (Å²) < 4.78 is 18.4. The zero-order valence-corrected chi connectivity index (χ0v) is 25.1. The normalized spacial score (nSPS) is 12.0. The second-order valence-electron chi connectivity index (χ2n) is 10.4. The topological polar surface area (TPSA) is 78.9 Å². The fourth-order valence-corrected chi connectivity index (χ4v) is 4.83. The number of Topliss-reactive ketones (excluding diaryl/α,β-unsaturated/α-hetero) is 2. The molecule has 0 bridgehead atoms. The molecule has 0 aliphatic carbocycles. The third-order valence-corrected chi connectivity index (χ3v) is 7.21. The predicted octanol–water partition coefficient (Wildman–Crippen LogP) is 8.47. The maximum Gasteiger partial charge on any atom is 0.390 e. The lowest BCUT2D eigenvalue weighted by Crippen LogP contribution is -2.47. The Bertz CT molecular complexity index is 1820. The van der Waals surface area contributed by atoms with Gasteiger partial charge in [-0.15, -0.1) is 6.58 Å². The molecule has 0 aliphatic rings. The Morgan fingerprint density at radius 2 is 1.16 bits per heavy atom. The summed E-state index contributed by atoms with van der Waals surface area (Å²) in [6, 6.07) is 37.7. The second kappa shape index (κ2) is 13.8. The minimum Gasteiger partial charge on any atom is -0.448 e. The number of benzene rings is 5. The summed E-state index contributed by atoms with van der Waals surface area (Å²) in [7, 11) is 0. The van der Waals surface area contributed by atoms with Gasteiger partial charge in [0.15, 0.2) is 11.6 Å². The van der Waals surface area contributed by atoms with Crippen LogP contribution in [0.2, 0.25) is 0 Å². The summed E-state index contributed by atoms with van der Waals surface area (Å²) in [6.45, 7) is 6.81. The Labute approximate surface area is 262 Å². The SMILES string of the molecule is C=CCOC(Oc1ccccc1)(C(=O)Oc1ccc(-c2cccc(C(C)=O)c2)cc1)c1ccc(-c2cccc(C(C)=O)c2)cc1. The number of ether oxygens (including phenoxy) is 3. The molecule has 0 spiro atoms. The van der Waals surface area contributed by atoms with E-state index >= 15 is 0 Å². The third-order valence-electron chi connectivity index (χ3n) is 7.21. The molecule has 0 saturated carbocycles. The number of hydrogen-bond donors (Lipinski definition) is 0. The quantitative estimate of drug-likeness (QED) is 0.0473. The molecule has 0 aromatic heterocycles. The molecule has 0 fully saturated rings. The van der Waals surface area contributed by atoms with Crippen molar-refractivity contribution in [3.63, 3.8) is 0 Å². The first-order chi connectivity index (χ1) is 21.8. The van der Waals surface area contributed by atoms with Gasteiger partial charge in [0.25, 0.3) is 0 Å². The van der Waals surface area contributed by atoms with Gasteiger partial charge in [-0.05, 0) is 72.5 Å². The van der Waals surface area contributed by atoms with Crippen molar-refractivity contribution in [1.29, 1.82) is 0 Å². The van der Waals surface area contributed by atoms with E-state index in [1.807, 2.05) is 66.7 Å². The molecule has 0 aliphatic heterocycles. The third kappa shape index (κ3) is 7.15. The Balaban J connectivity index is 1.50. The van der Waals surface area contributed by atoms with Crippen LogP contribution < -0.4 is 9.47 Å². The van der Waals surface area contributed by atoms with Crippen LogP contribution in [0.1, 0.15) is 40.1 Å². The fraction of sp³-hybridized carbons (Fsp3) is 0.103. The number of para-hydroxylation sites is 1. The molecule has 6 nitrogen and oxygen atoms in total. The van der Waals surface area contributed by atoms with E-state index in [9.17, 15) is 14.4 Å². The van der Waals surface area contributed by atoms with E-state index in [4.69, 9.17) is 14.2 Å². The molecule has 0 saturated heterocycles. The van der Waals surface area contributed by atoms with Crippen molar-refractivity contribution in [1.82, 2.24) is 0 Å². The van der Waals surface area contributed by atoms with Crippen molar-refractivity contribution in [3.05, 3.63) is 157 Å². The van der Waals surface area contributed by atoms with Crippen molar-refractivity contribution in [2.45, 2.75) is 19.6 Å². The van der Waals surface area contributed by atoms with Crippen molar-refractivity contribution in [2.75, 3.05) is 6.61 Å². The molecule has 1 atom stereocenters. The lowest BCUT2D eigenvalue weighted by Gasteiger charge is -2.32. The first-order valence-electron chi connectivity index (χ1n) is 14.4. The first kappa shape index (κ1) is 30.9. The van der Waals surface area contributed by atoms with Crippen LogP contribution in [0.5, 0.6) is 11.5 Å². The summed E-state index contributed by atoms with van der Waals surface area (Å²) in [5, 5.41) is 0. The number of rotatable bonds is 12. The largest absolute Gasteiger partial charge is 0.448 e. The lowest BCUT2D eigenvalue weighted by atomic mass is 9.98. The van der Waals surface area contributed by atoms with Gasteiger partial charge in [-0.3, -0.25) is 9.59 Å². The van der Waals surface area contributed by atoms with Crippen molar-refractivity contribution < 1.29 is 28.6 Å². The molecular formula is C39H32O6. The minimum absolute atomic E-state index is 0.00420. The van der Waals surface area contributed by atoms with Gasteiger partial charge in [0.05, 0.1) is 6.61 Å². The van der Waals surface area contributed by atoms with Crippen LogP contribution >= 0.6 is 0 Å². The highest BCUT2D eigenvalue weighted by Gasteiger charge is 2.47. The molecule has 5 aromatic rings. The van der Waals surface area contributed by atoms with Crippen LogP contribution in [0.25, 0.3) is 22.3 Å². The maximum atomic E-state index is 14.1. The Hall–Kier alpha value is -5.59. The van der Waals surface area contributed by atoms with E-state index in [1.54, 1.807) is 60.7 Å². The molecule has 0 N–H and O–H groups in total. The molecule has 0 amide bonds. The van der Waals surface area contributed by atoms with E-state index in [2.05, 4.69) is 6.58 Å². The summed E-state index contributed by atoms with van der Waals surface area (Å²) >= 11 is 0. The molecule has 5 rings (SSSR count). The van der Waals surface area contributed by atoms with Crippen molar-refractivity contribution >= 4 is 17.5 Å². The maximum absolute atomic E-state index is 14.1. The van der Waals surface area contributed by atoms with Crippen molar-refractivity contribution in [3.8, 4) is 33.8 Å². The highest BCUT2D eigenvalue weighted by molar-refractivity contribution is 5.96. The van der Waals surface area contributed by atoms with Gasteiger partial charge in [-0.25, -0.2) is 4.79 Å². The van der Waals surface area contributed by atoms with E-state index in [1.165, 1.54) is 19.9 Å². The van der Waals surface area contributed by atoms with E-state index in [0.717, 1.165) is 22.3 Å². The van der Waals surface area contributed by atoms with Crippen LogP contribution in [0, 0.1) is 0 Å². The molecular weight excluding hydrogens is 564 g/mol. The van der Waals surface area contributed by atoms with E-state index in [-0.39, 0.29) is 23.9 Å².